The van der Waals surface area contributed by atoms with E-state index < -0.39 is 35.8 Å². The second kappa shape index (κ2) is 17.1. The third-order valence-electron chi connectivity index (χ3n) is 4.12. The normalized spacial score (nSPS) is 8.84. The molecule has 3 aromatic rings. The fraction of sp³-hybridized carbons (Fsp3) is 0. The van der Waals surface area contributed by atoms with Gasteiger partial charge in [-0.25, -0.2) is 9.59 Å². The fourth-order valence-electron chi connectivity index (χ4n) is 2.53. The summed E-state index contributed by atoms with van der Waals surface area (Å²) in [5.74, 6) is -8.53. The minimum Gasteiger partial charge on any atom is -0.545 e. The van der Waals surface area contributed by atoms with Crippen molar-refractivity contribution in [1.82, 2.24) is 0 Å². The molecular formula is C24H14Fe2O12. The first kappa shape index (κ1) is 35.7. The molecular weight excluding hydrogens is 592 g/mol. The van der Waals surface area contributed by atoms with Crippen LogP contribution < -0.4 is 20.4 Å². The summed E-state index contributed by atoms with van der Waals surface area (Å²) in [5.41, 5.74) is -1.83. The smallest absolute Gasteiger partial charge is 0.545 e. The Labute approximate surface area is 235 Å². The molecule has 0 aliphatic rings. The molecule has 0 unspecified atom stereocenters. The van der Waals surface area contributed by atoms with E-state index in [1.165, 1.54) is 48.5 Å². The molecule has 0 saturated heterocycles. The van der Waals surface area contributed by atoms with Gasteiger partial charge in [-0.3, -0.25) is 0 Å². The first-order chi connectivity index (χ1) is 16.9. The van der Waals surface area contributed by atoms with E-state index in [1.54, 1.807) is 0 Å². The Morgan fingerprint density at radius 1 is 0.395 bits per heavy atom. The molecule has 0 fully saturated rings. The Hall–Kier alpha value is -4.48. The number of carbonyl (C=O) groups excluding carboxylic acids is 4. The maximum absolute atomic E-state index is 10.5. The standard InChI is InChI=1S/3C8H6O4.2Fe/c3*9-7(10)5-3-1-2-4-6(5)8(11)12;;/h3*1-4H,(H,9,10)(H,11,12);;/q;;;2*+2/p-4. The fourth-order valence-corrected chi connectivity index (χ4v) is 2.53. The van der Waals surface area contributed by atoms with E-state index in [4.69, 9.17) is 10.2 Å². The molecule has 0 radical (unpaired) electrons. The summed E-state index contributed by atoms with van der Waals surface area (Å²) in [6, 6.07) is 15.7. The summed E-state index contributed by atoms with van der Waals surface area (Å²) >= 11 is 0. The van der Waals surface area contributed by atoms with E-state index in [2.05, 4.69) is 0 Å². The van der Waals surface area contributed by atoms with Crippen LogP contribution in [0.4, 0.5) is 0 Å². The largest absolute Gasteiger partial charge is 2.00 e. The van der Waals surface area contributed by atoms with Gasteiger partial charge in [0.25, 0.3) is 0 Å². The summed E-state index contributed by atoms with van der Waals surface area (Å²) in [6.45, 7) is 0. The number of hydrogen-bond donors (Lipinski definition) is 2. The van der Waals surface area contributed by atoms with Crippen LogP contribution in [0.15, 0.2) is 72.8 Å². The van der Waals surface area contributed by atoms with Gasteiger partial charge in [-0.15, -0.1) is 0 Å². The summed E-state index contributed by atoms with van der Waals surface area (Å²) in [7, 11) is 0. The molecule has 12 nitrogen and oxygen atoms in total. The van der Waals surface area contributed by atoms with Crippen molar-refractivity contribution in [2.75, 3.05) is 0 Å². The van der Waals surface area contributed by atoms with Crippen molar-refractivity contribution < 1.29 is 93.5 Å². The first-order valence-corrected chi connectivity index (χ1v) is 9.47. The third kappa shape index (κ3) is 10.6. The number of hydrogen-bond acceptors (Lipinski definition) is 10. The van der Waals surface area contributed by atoms with Gasteiger partial charge in [0.05, 0.1) is 35.0 Å². The van der Waals surface area contributed by atoms with Crippen LogP contribution in [0.25, 0.3) is 0 Å². The van der Waals surface area contributed by atoms with E-state index >= 15 is 0 Å². The Morgan fingerprint density at radius 2 is 0.553 bits per heavy atom. The van der Waals surface area contributed by atoms with Gasteiger partial charge in [0, 0.05) is 22.3 Å². The van der Waals surface area contributed by atoms with Gasteiger partial charge in [-0.2, -0.15) is 0 Å². The summed E-state index contributed by atoms with van der Waals surface area (Å²) in [6.07, 6.45) is 0. The summed E-state index contributed by atoms with van der Waals surface area (Å²) in [4.78, 5) is 62.2. The number of benzene rings is 3. The van der Waals surface area contributed by atoms with Gasteiger partial charge < -0.3 is 49.8 Å². The number of carboxylic acids is 6. The predicted molar refractivity (Wildman–Crippen MR) is 111 cm³/mol. The van der Waals surface area contributed by atoms with Crippen molar-refractivity contribution in [2.24, 2.45) is 0 Å². The average molecular weight is 606 g/mol. The average Bonchev–Trinajstić information content (AvgIpc) is 2.84. The minimum atomic E-state index is -1.52. The summed E-state index contributed by atoms with van der Waals surface area (Å²) < 4.78 is 0. The SMILES string of the molecule is O=C(O)c1ccccc1C(=O)O.O=C([O-])c1ccccc1C(=O)[O-].O=C([O-])c1ccccc1C(=O)[O-].[Fe+2].[Fe+2]. The molecule has 0 aromatic heterocycles. The molecule has 2 N–H and O–H groups in total. The van der Waals surface area contributed by atoms with Crippen LogP contribution >= 0.6 is 0 Å². The molecule has 0 saturated carbocycles. The molecule has 198 valence electrons. The molecule has 0 spiro atoms. The Bertz CT molecular complexity index is 1060. The number of aromatic carboxylic acids is 6. The maximum Gasteiger partial charge on any atom is 2.00 e. The van der Waals surface area contributed by atoms with Crippen molar-refractivity contribution in [3.63, 3.8) is 0 Å². The van der Waals surface area contributed by atoms with Gasteiger partial charge in [0.15, 0.2) is 0 Å². The van der Waals surface area contributed by atoms with Gasteiger partial charge in [-0.1, -0.05) is 60.7 Å². The van der Waals surface area contributed by atoms with Crippen LogP contribution in [0.3, 0.4) is 0 Å². The molecule has 0 atom stereocenters. The monoisotopic (exact) mass is 606 g/mol. The van der Waals surface area contributed by atoms with Gasteiger partial charge in [0.1, 0.15) is 0 Å². The first-order valence-electron chi connectivity index (χ1n) is 9.47. The quantitative estimate of drug-likeness (QED) is 0.288. The minimum absolute atomic E-state index is 0. The van der Waals surface area contributed by atoms with Crippen LogP contribution in [0.5, 0.6) is 0 Å². The zero-order chi connectivity index (χ0) is 27.4. The van der Waals surface area contributed by atoms with Gasteiger partial charge >= 0.3 is 46.1 Å². The van der Waals surface area contributed by atoms with Crippen LogP contribution in [0.2, 0.25) is 0 Å². The number of carbonyl (C=O) groups is 6. The van der Waals surface area contributed by atoms with Gasteiger partial charge in [-0.05, 0) is 12.1 Å². The van der Waals surface area contributed by atoms with Crippen molar-refractivity contribution in [3.8, 4) is 0 Å². The van der Waals surface area contributed by atoms with E-state index in [-0.39, 0.29) is 67.5 Å². The molecule has 3 aromatic carbocycles. The van der Waals surface area contributed by atoms with Crippen LogP contribution in [0.1, 0.15) is 62.1 Å². The van der Waals surface area contributed by atoms with Crippen LogP contribution in [0, 0.1) is 0 Å². The molecule has 38 heavy (non-hydrogen) atoms. The Morgan fingerprint density at radius 3 is 0.684 bits per heavy atom. The van der Waals surface area contributed by atoms with E-state index in [0.717, 1.165) is 24.3 Å². The molecule has 0 aliphatic carbocycles. The molecule has 3 rings (SSSR count). The zero-order valence-electron chi connectivity index (χ0n) is 18.6. The van der Waals surface area contributed by atoms with Crippen molar-refractivity contribution in [3.05, 3.63) is 106 Å². The molecule has 0 heterocycles. The number of carboxylic acid groups (broad SMARTS) is 6. The summed E-state index contributed by atoms with van der Waals surface area (Å²) in [5, 5.41) is 58.4. The van der Waals surface area contributed by atoms with E-state index in [9.17, 15) is 49.2 Å². The number of rotatable bonds is 6. The van der Waals surface area contributed by atoms with Crippen LogP contribution in [-0.2, 0) is 34.1 Å². The van der Waals surface area contributed by atoms with E-state index in [1.807, 2.05) is 0 Å². The third-order valence-corrected chi connectivity index (χ3v) is 4.12. The Balaban J connectivity index is 0. The van der Waals surface area contributed by atoms with Crippen molar-refractivity contribution in [1.29, 1.82) is 0 Å². The van der Waals surface area contributed by atoms with E-state index in [0.29, 0.717) is 0 Å². The zero-order valence-corrected chi connectivity index (χ0v) is 20.8. The second-order valence-electron chi connectivity index (χ2n) is 6.40. The van der Waals surface area contributed by atoms with Crippen molar-refractivity contribution >= 4 is 35.8 Å². The molecule has 0 aliphatic heterocycles. The predicted octanol–water partition coefficient (Wildman–Crippen LogP) is -2.09. The molecule has 14 heteroatoms. The Kier molecular flexibility index (Phi) is 16.0. The second-order valence-corrected chi connectivity index (χ2v) is 6.40. The molecule has 0 bridgehead atoms. The maximum atomic E-state index is 10.5. The van der Waals surface area contributed by atoms with Crippen LogP contribution in [-0.4, -0.2) is 46.0 Å². The molecule has 0 amide bonds. The van der Waals surface area contributed by atoms with Gasteiger partial charge in [0.2, 0.25) is 0 Å². The van der Waals surface area contributed by atoms with Crippen molar-refractivity contribution in [2.45, 2.75) is 0 Å². The topological polar surface area (TPSA) is 235 Å².